The molecule has 6 heteroatoms. The van der Waals surface area contributed by atoms with Crippen LogP contribution in [0.2, 0.25) is 0 Å². The van der Waals surface area contributed by atoms with E-state index in [2.05, 4.69) is 116 Å². The van der Waals surface area contributed by atoms with E-state index >= 15 is 0 Å². The summed E-state index contributed by atoms with van der Waals surface area (Å²) in [5, 5.41) is 7.39. The van der Waals surface area contributed by atoms with Gasteiger partial charge in [0.15, 0.2) is 5.82 Å². The molecule has 0 spiro atoms. The van der Waals surface area contributed by atoms with Crippen LogP contribution in [0.1, 0.15) is 92.7 Å². The number of ether oxygens (including phenoxy) is 1. The SMILES string of the molecule is [2H]c1c([2H])c([2H])c(-c2cccc(-c3c([2H])c([2H])c([2H])c([2H])c3[2H])c2-[n+]2[c-]n(-c3cccc(Oc4ccc5c6ccccc6n(-c6cc(C(C)(C)C)ccn6)c5c4)c3)c(-c3cc(C(C)(C)C)cc(C(C)(C)C)c3)n2)c([2H])c1[2H]. The van der Waals surface area contributed by atoms with Gasteiger partial charge in [-0.15, -0.1) is 5.10 Å². The number of para-hydroxylation sites is 2. The number of nitrogens with zero attached hydrogens (tertiary/aromatic N) is 5. The highest BCUT2D eigenvalue weighted by molar-refractivity contribution is 6.09. The Bertz CT molecular complexity index is 3870. The van der Waals surface area contributed by atoms with Crippen LogP contribution in [0.25, 0.3) is 72.6 Å². The molecule has 0 saturated carbocycles. The van der Waals surface area contributed by atoms with Crippen LogP contribution in [0.4, 0.5) is 0 Å². The van der Waals surface area contributed by atoms with Crippen molar-refractivity contribution in [2.75, 3.05) is 0 Å². The van der Waals surface area contributed by atoms with Crippen LogP contribution in [0.3, 0.4) is 0 Å². The summed E-state index contributed by atoms with van der Waals surface area (Å²) >= 11 is 0. The molecule has 0 N–H and O–H groups in total. The van der Waals surface area contributed by atoms with Gasteiger partial charge < -0.3 is 4.74 Å². The van der Waals surface area contributed by atoms with Gasteiger partial charge in [0.1, 0.15) is 17.3 Å². The number of hydrogen-bond donors (Lipinski definition) is 0. The fourth-order valence-corrected chi connectivity index (χ4v) is 8.43. The number of fused-ring (bicyclic) bond motifs is 3. The van der Waals surface area contributed by atoms with Crippen LogP contribution < -0.4 is 9.42 Å². The van der Waals surface area contributed by atoms with Gasteiger partial charge in [0.25, 0.3) is 6.33 Å². The van der Waals surface area contributed by atoms with Crippen LogP contribution in [-0.4, -0.2) is 19.2 Å². The maximum atomic E-state index is 9.15. The van der Waals surface area contributed by atoms with Crippen LogP contribution >= 0.6 is 0 Å². The number of rotatable bonds is 8. The van der Waals surface area contributed by atoms with Gasteiger partial charge in [0.2, 0.25) is 0 Å². The van der Waals surface area contributed by atoms with E-state index in [1.54, 1.807) is 22.8 Å². The second-order valence-corrected chi connectivity index (χ2v) is 20.0. The molecule has 0 aliphatic heterocycles. The van der Waals surface area contributed by atoms with Gasteiger partial charge in [-0.25, -0.2) is 4.98 Å². The molecule has 0 aliphatic rings. The molecule has 3 heterocycles. The minimum Gasteiger partial charge on any atom is -0.458 e. The maximum absolute atomic E-state index is 9.15. The molecule has 0 unspecified atom stereocenters. The minimum atomic E-state index is -0.585. The van der Waals surface area contributed by atoms with Crippen molar-refractivity contribution in [2.24, 2.45) is 0 Å². The lowest BCUT2D eigenvalue weighted by Gasteiger charge is -2.26. The van der Waals surface area contributed by atoms with Gasteiger partial charge in [-0.1, -0.05) is 189 Å². The average Bonchev–Trinajstić information content (AvgIpc) is 4.04. The summed E-state index contributed by atoms with van der Waals surface area (Å²) < 4.78 is 100. The molecule has 332 valence electrons. The van der Waals surface area contributed by atoms with Crippen LogP contribution in [0.5, 0.6) is 11.5 Å². The third-order valence-corrected chi connectivity index (χ3v) is 12.1. The van der Waals surface area contributed by atoms with Gasteiger partial charge in [0.05, 0.1) is 36.1 Å². The van der Waals surface area contributed by atoms with Crippen molar-refractivity contribution in [3.8, 4) is 62.3 Å². The van der Waals surface area contributed by atoms with Crippen molar-refractivity contribution >= 4 is 21.8 Å². The fraction of sp³-hybridized carbons (Fsp3) is 0.197. The lowest BCUT2D eigenvalue weighted by molar-refractivity contribution is -0.659. The minimum absolute atomic E-state index is 0.0613. The summed E-state index contributed by atoms with van der Waals surface area (Å²) in [4.78, 5) is 4.86. The summed E-state index contributed by atoms with van der Waals surface area (Å²) in [5.74, 6) is 2.22. The number of benzene rings is 7. The lowest BCUT2D eigenvalue weighted by atomic mass is 9.79. The Hall–Kier alpha value is -7.57. The summed E-state index contributed by atoms with van der Waals surface area (Å²) in [5.41, 5.74) is 5.57. The number of aromatic nitrogens is 5. The number of hydrogen-bond acceptors (Lipinski definition) is 3. The first kappa shape index (κ1) is 33.0. The molecule has 3 aromatic heterocycles. The molecule has 0 amide bonds. The zero-order valence-corrected chi connectivity index (χ0v) is 39.2. The van der Waals surface area contributed by atoms with E-state index < -0.39 is 60.4 Å². The Morgan fingerprint density at radius 3 is 1.78 bits per heavy atom. The predicted octanol–water partition coefficient (Wildman–Crippen LogP) is 15.1. The molecule has 6 nitrogen and oxygen atoms in total. The van der Waals surface area contributed by atoms with E-state index in [0.717, 1.165) is 44.3 Å². The summed E-state index contributed by atoms with van der Waals surface area (Å²) in [7, 11) is 0. The highest BCUT2D eigenvalue weighted by Gasteiger charge is 2.26. The zero-order chi connectivity index (χ0) is 55.4. The summed E-state index contributed by atoms with van der Waals surface area (Å²) in [6.07, 6.45) is 5.28. The molecule has 7 aromatic carbocycles. The van der Waals surface area contributed by atoms with Gasteiger partial charge in [-0.3, -0.25) is 9.13 Å². The van der Waals surface area contributed by atoms with Crippen LogP contribution in [0.15, 0.2) is 182 Å². The molecule has 0 saturated heterocycles. The van der Waals surface area contributed by atoms with Crippen molar-refractivity contribution in [2.45, 2.75) is 78.6 Å². The van der Waals surface area contributed by atoms with Gasteiger partial charge >= 0.3 is 0 Å². The van der Waals surface area contributed by atoms with Crippen molar-refractivity contribution < 1.29 is 23.1 Å². The largest absolute Gasteiger partial charge is 0.458 e. The average molecular weight is 886 g/mol. The molecule has 67 heavy (non-hydrogen) atoms. The normalized spacial score (nSPS) is 14.3. The quantitative estimate of drug-likeness (QED) is 0.113. The molecule has 10 rings (SSSR count). The van der Waals surface area contributed by atoms with E-state index in [-0.39, 0.29) is 44.2 Å². The van der Waals surface area contributed by atoms with E-state index in [4.69, 9.17) is 28.5 Å². The third-order valence-electron chi connectivity index (χ3n) is 12.1. The first-order valence-electron chi connectivity index (χ1n) is 27.4. The highest BCUT2D eigenvalue weighted by Crippen LogP contribution is 2.39. The van der Waals surface area contributed by atoms with Gasteiger partial charge in [0, 0.05) is 28.6 Å². The monoisotopic (exact) mass is 886 g/mol. The van der Waals surface area contributed by atoms with E-state index in [9.17, 15) is 0 Å². The Kier molecular flexibility index (Phi) is 8.22. The first-order valence-corrected chi connectivity index (χ1v) is 22.4. The smallest absolute Gasteiger partial charge is 0.273 e. The first-order chi connectivity index (χ1) is 36.2. The van der Waals surface area contributed by atoms with E-state index in [0.29, 0.717) is 28.6 Å². The van der Waals surface area contributed by atoms with Gasteiger partial charge in [-0.2, -0.15) is 4.68 Å². The Morgan fingerprint density at radius 1 is 0.537 bits per heavy atom. The Labute approximate surface area is 408 Å². The Morgan fingerprint density at radius 2 is 1.13 bits per heavy atom. The van der Waals surface area contributed by atoms with Crippen LogP contribution in [0, 0.1) is 6.33 Å². The molecule has 0 fully saturated rings. The topological polar surface area (TPSA) is 48.8 Å². The zero-order valence-electron chi connectivity index (χ0n) is 49.2. The summed E-state index contributed by atoms with van der Waals surface area (Å²) in [6.45, 7) is 19.4. The van der Waals surface area contributed by atoms with Crippen molar-refractivity contribution in [1.82, 2.24) is 19.2 Å². The van der Waals surface area contributed by atoms with E-state index in [1.807, 2.05) is 60.8 Å². The van der Waals surface area contributed by atoms with Crippen molar-refractivity contribution in [3.63, 3.8) is 0 Å². The molecule has 0 atom stereocenters. The Balaban J connectivity index is 1.22. The molecule has 0 aliphatic carbocycles. The lowest BCUT2D eigenvalue weighted by Crippen LogP contribution is -2.34. The second-order valence-electron chi connectivity index (χ2n) is 20.0. The van der Waals surface area contributed by atoms with Crippen molar-refractivity contribution in [1.29, 1.82) is 0 Å². The molecule has 10 aromatic rings. The maximum Gasteiger partial charge on any atom is 0.273 e. The standard InChI is InChI=1S/C61H57N5O/c1-59(2,3)44-32-33-62-56(37-44)66-54-29-17-16-26-52(54)53-31-30-49(39-55(53)66)67-48-25-18-24-47(38-48)64-40-65(63-58(64)43-34-45(60(4,5)6)36-46(35-43)61(7,8)9)57-50(41-20-12-10-13-21-41)27-19-28-51(57)42-22-14-11-15-23-42/h10-39H,1-9H3/i10D,11D,12D,13D,14D,15D,20D,21D,22D,23D. The van der Waals surface area contributed by atoms with E-state index in [1.165, 1.54) is 4.68 Å². The number of pyridine rings is 1. The molecule has 0 radical (unpaired) electrons. The van der Waals surface area contributed by atoms with Crippen molar-refractivity contribution in [3.05, 3.63) is 205 Å². The molecule has 0 bridgehead atoms. The van der Waals surface area contributed by atoms with Crippen LogP contribution in [-0.2, 0) is 16.2 Å². The van der Waals surface area contributed by atoms with Gasteiger partial charge in [-0.05, 0) is 97.7 Å². The molecular weight excluding hydrogens is 819 g/mol. The molecular formula is C61H57N5O. The fourth-order valence-electron chi connectivity index (χ4n) is 8.43. The highest BCUT2D eigenvalue weighted by atomic mass is 16.5. The predicted molar refractivity (Wildman–Crippen MR) is 275 cm³/mol. The third kappa shape index (κ3) is 8.45. The second kappa shape index (κ2) is 16.7. The summed E-state index contributed by atoms with van der Waals surface area (Å²) in [6, 6.07) is 31.5.